The summed E-state index contributed by atoms with van der Waals surface area (Å²) in [5, 5.41) is 2.95. The van der Waals surface area contributed by atoms with E-state index in [1.807, 2.05) is 42.5 Å². The number of fused-ring (bicyclic) bond motifs is 1. The van der Waals surface area contributed by atoms with Gasteiger partial charge in [-0.1, -0.05) is 0 Å². The Balaban J connectivity index is 1.24. The largest absolute Gasteiger partial charge is 0.497 e. The predicted octanol–water partition coefficient (Wildman–Crippen LogP) is 3.20. The van der Waals surface area contributed by atoms with Crippen molar-refractivity contribution in [3.8, 4) is 11.5 Å². The summed E-state index contributed by atoms with van der Waals surface area (Å²) in [6, 6.07) is 13.1. The molecular weight excluding hydrogens is 396 g/mol. The van der Waals surface area contributed by atoms with Crippen molar-refractivity contribution < 1.29 is 19.0 Å². The van der Waals surface area contributed by atoms with Gasteiger partial charge in [0, 0.05) is 25.2 Å². The standard InChI is InChI=1S/C23H28N4O4/c1-29-18-5-7-19(8-6-18)31-12-2-3-23(28)24-17-4-9-20-21(15-17)26-22(25-20)16-27-10-13-30-14-11-27/h4-9,15H,2-3,10-14,16H2,1H3,(H,24,28)(H,25,26). The summed E-state index contributed by atoms with van der Waals surface area (Å²) in [7, 11) is 1.63. The molecule has 31 heavy (non-hydrogen) atoms. The lowest BCUT2D eigenvalue weighted by atomic mass is 10.2. The van der Waals surface area contributed by atoms with Gasteiger partial charge in [0.2, 0.25) is 5.91 Å². The molecule has 164 valence electrons. The molecule has 2 N–H and O–H groups in total. The third-order valence-corrected chi connectivity index (χ3v) is 5.17. The van der Waals surface area contributed by atoms with Crippen molar-refractivity contribution in [3.05, 3.63) is 48.3 Å². The maximum Gasteiger partial charge on any atom is 0.224 e. The Kier molecular flexibility index (Phi) is 7.01. The molecule has 3 aromatic rings. The van der Waals surface area contributed by atoms with Crippen LogP contribution >= 0.6 is 0 Å². The van der Waals surface area contributed by atoms with Gasteiger partial charge in [-0.2, -0.15) is 0 Å². The summed E-state index contributed by atoms with van der Waals surface area (Å²) in [4.78, 5) is 22.6. The van der Waals surface area contributed by atoms with Crippen LogP contribution in [0.1, 0.15) is 18.7 Å². The number of imidazole rings is 1. The molecule has 0 bridgehead atoms. The van der Waals surface area contributed by atoms with Gasteiger partial charge in [-0.3, -0.25) is 9.69 Å². The smallest absolute Gasteiger partial charge is 0.224 e. The second-order valence-corrected chi connectivity index (χ2v) is 7.48. The zero-order valence-electron chi connectivity index (χ0n) is 17.7. The summed E-state index contributed by atoms with van der Waals surface area (Å²) in [5.74, 6) is 2.44. The van der Waals surface area contributed by atoms with Crippen molar-refractivity contribution in [1.29, 1.82) is 0 Å². The number of morpholine rings is 1. The first-order valence-electron chi connectivity index (χ1n) is 10.5. The van der Waals surface area contributed by atoms with Crippen molar-refractivity contribution in [2.75, 3.05) is 45.3 Å². The third-order valence-electron chi connectivity index (χ3n) is 5.17. The van der Waals surface area contributed by atoms with Gasteiger partial charge in [0.05, 0.1) is 44.5 Å². The van der Waals surface area contributed by atoms with Crippen LogP contribution in [0.2, 0.25) is 0 Å². The monoisotopic (exact) mass is 424 g/mol. The van der Waals surface area contributed by atoms with Gasteiger partial charge in [0.25, 0.3) is 0 Å². The first kappa shape index (κ1) is 21.1. The second kappa shape index (κ2) is 10.3. The second-order valence-electron chi connectivity index (χ2n) is 7.48. The van der Waals surface area contributed by atoms with Gasteiger partial charge < -0.3 is 24.5 Å². The number of hydrogen-bond acceptors (Lipinski definition) is 6. The van der Waals surface area contributed by atoms with Crippen LogP contribution in [0.25, 0.3) is 11.0 Å². The molecule has 0 unspecified atom stereocenters. The van der Waals surface area contributed by atoms with Crippen molar-refractivity contribution in [1.82, 2.24) is 14.9 Å². The molecule has 1 amide bonds. The Hall–Kier alpha value is -3.10. The lowest BCUT2D eigenvalue weighted by molar-refractivity contribution is -0.116. The molecule has 1 fully saturated rings. The number of anilines is 1. The summed E-state index contributed by atoms with van der Waals surface area (Å²) < 4.78 is 16.2. The Morgan fingerprint density at radius 2 is 1.94 bits per heavy atom. The predicted molar refractivity (Wildman–Crippen MR) is 119 cm³/mol. The minimum atomic E-state index is -0.0364. The lowest BCUT2D eigenvalue weighted by Crippen LogP contribution is -2.35. The number of carbonyl (C=O) groups excluding carboxylic acids is 1. The number of hydrogen-bond donors (Lipinski definition) is 2. The Bertz CT molecular complexity index is 996. The first-order chi connectivity index (χ1) is 15.2. The van der Waals surface area contributed by atoms with E-state index in [-0.39, 0.29) is 5.91 Å². The van der Waals surface area contributed by atoms with Crippen LogP contribution in [0, 0.1) is 0 Å². The minimum Gasteiger partial charge on any atom is -0.497 e. The number of H-pyrrole nitrogens is 1. The molecule has 1 aliphatic heterocycles. The molecule has 0 radical (unpaired) electrons. The van der Waals surface area contributed by atoms with E-state index < -0.39 is 0 Å². The van der Waals surface area contributed by atoms with Crippen LogP contribution in [0.3, 0.4) is 0 Å². The van der Waals surface area contributed by atoms with E-state index in [0.717, 1.165) is 66.9 Å². The fourth-order valence-electron chi connectivity index (χ4n) is 3.50. The van der Waals surface area contributed by atoms with Crippen LogP contribution in [-0.2, 0) is 16.1 Å². The number of nitrogens with one attached hydrogen (secondary N) is 2. The van der Waals surface area contributed by atoms with Crippen LogP contribution in [0.4, 0.5) is 5.69 Å². The average molecular weight is 425 g/mol. The SMILES string of the molecule is COc1ccc(OCCCC(=O)Nc2ccc3nc(CN4CCOCC4)[nH]c3c2)cc1. The molecule has 1 aliphatic rings. The van der Waals surface area contributed by atoms with Crippen molar-refractivity contribution >= 4 is 22.6 Å². The van der Waals surface area contributed by atoms with Gasteiger partial charge in [-0.25, -0.2) is 4.98 Å². The molecule has 4 rings (SSSR count). The number of rotatable bonds is 9. The minimum absolute atomic E-state index is 0.0364. The number of carbonyl (C=O) groups is 1. The van der Waals surface area contributed by atoms with Crippen molar-refractivity contribution in [2.45, 2.75) is 19.4 Å². The van der Waals surface area contributed by atoms with Gasteiger partial charge in [-0.05, 0) is 48.9 Å². The normalized spacial score (nSPS) is 14.5. The molecule has 0 atom stereocenters. The Morgan fingerprint density at radius 1 is 1.16 bits per heavy atom. The van der Waals surface area contributed by atoms with E-state index in [9.17, 15) is 4.79 Å². The molecule has 8 nitrogen and oxygen atoms in total. The maximum atomic E-state index is 12.3. The highest BCUT2D eigenvalue weighted by Gasteiger charge is 2.13. The van der Waals surface area contributed by atoms with Gasteiger partial charge in [-0.15, -0.1) is 0 Å². The molecule has 2 heterocycles. The Labute approximate surface area is 181 Å². The van der Waals surface area contributed by atoms with Crippen LogP contribution in [0.5, 0.6) is 11.5 Å². The fourth-order valence-corrected chi connectivity index (χ4v) is 3.50. The molecule has 0 aliphatic carbocycles. The molecule has 0 saturated carbocycles. The third kappa shape index (κ3) is 5.96. The number of amides is 1. The highest BCUT2D eigenvalue weighted by molar-refractivity contribution is 5.93. The van der Waals surface area contributed by atoms with Crippen molar-refractivity contribution in [2.24, 2.45) is 0 Å². The van der Waals surface area contributed by atoms with E-state index in [1.54, 1.807) is 7.11 Å². The summed E-state index contributed by atoms with van der Waals surface area (Å²) >= 11 is 0. The average Bonchev–Trinajstić information content (AvgIpc) is 3.19. The number of aromatic amines is 1. The highest BCUT2D eigenvalue weighted by Crippen LogP contribution is 2.19. The lowest BCUT2D eigenvalue weighted by Gasteiger charge is -2.25. The Morgan fingerprint density at radius 3 is 2.71 bits per heavy atom. The molecule has 1 aromatic heterocycles. The molecule has 1 saturated heterocycles. The van der Waals surface area contributed by atoms with Gasteiger partial charge >= 0.3 is 0 Å². The number of nitrogens with zero attached hydrogens (tertiary/aromatic N) is 2. The number of aromatic nitrogens is 2. The molecule has 8 heteroatoms. The van der Waals surface area contributed by atoms with Gasteiger partial charge in [0.15, 0.2) is 0 Å². The first-order valence-corrected chi connectivity index (χ1v) is 10.5. The van der Waals surface area contributed by atoms with E-state index in [1.165, 1.54) is 0 Å². The maximum absolute atomic E-state index is 12.3. The van der Waals surface area contributed by atoms with Crippen LogP contribution in [0.15, 0.2) is 42.5 Å². The molecule has 0 spiro atoms. The van der Waals surface area contributed by atoms with E-state index >= 15 is 0 Å². The van der Waals surface area contributed by atoms with E-state index in [0.29, 0.717) is 19.4 Å². The van der Waals surface area contributed by atoms with Crippen molar-refractivity contribution in [3.63, 3.8) is 0 Å². The number of methoxy groups -OCH3 is 1. The quantitative estimate of drug-likeness (QED) is 0.513. The summed E-state index contributed by atoms with van der Waals surface area (Å²) in [5.41, 5.74) is 2.58. The summed E-state index contributed by atoms with van der Waals surface area (Å²) in [6.45, 7) is 4.61. The van der Waals surface area contributed by atoms with E-state index in [4.69, 9.17) is 14.2 Å². The molecular formula is C23H28N4O4. The summed E-state index contributed by atoms with van der Waals surface area (Å²) in [6.07, 6.45) is 1.02. The highest BCUT2D eigenvalue weighted by atomic mass is 16.5. The van der Waals surface area contributed by atoms with Gasteiger partial charge in [0.1, 0.15) is 17.3 Å². The van der Waals surface area contributed by atoms with Crippen LogP contribution in [-0.4, -0.2) is 60.8 Å². The molecule has 2 aromatic carbocycles. The topological polar surface area (TPSA) is 88.7 Å². The zero-order chi connectivity index (χ0) is 21.5. The zero-order valence-corrected chi connectivity index (χ0v) is 17.7. The number of ether oxygens (including phenoxy) is 3. The van der Waals surface area contributed by atoms with E-state index in [2.05, 4.69) is 20.2 Å². The number of benzene rings is 2. The van der Waals surface area contributed by atoms with Crippen LogP contribution < -0.4 is 14.8 Å². The fraction of sp³-hybridized carbons (Fsp3) is 0.391.